The van der Waals surface area contributed by atoms with E-state index in [4.69, 9.17) is 16.9 Å². The maximum Gasteiger partial charge on any atom is 0.235 e. The third-order valence-electron chi connectivity index (χ3n) is 2.85. The standard InChI is InChI=1S/C11H11ClN2O2S/c1-8-10(4-3-9(7-13)11(8)12)14-5-2-6-17(14,15)16/h3-4H,2,5-6H2,1H3. The second-order valence-corrected chi connectivity index (χ2v) is 6.32. The topological polar surface area (TPSA) is 61.2 Å². The third kappa shape index (κ3) is 1.99. The first-order valence-corrected chi connectivity index (χ1v) is 7.15. The second-order valence-electron chi connectivity index (χ2n) is 3.92. The Morgan fingerprint density at radius 2 is 2.18 bits per heavy atom. The lowest BCUT2D eigenvalue weighted by molar-refractivity contribution is 0.599. The average molecular weight is 271 g/mol. The molecule has 0 amide bonds. The molecule has 6 heteroatoms. The summed E-state index contributed by atoms with van der Waals surface area (Å²) in [5, 5.41) is 9.16. The Kier molecular flexibility index (Phi) is 3.02. The van der Waals surface area contributed by atoms with Crippen molar-refractivity contribution >= 4 is 27.3 Å². The molecule has 0 bridgehead atoms. The van der Waals surface area contributed by atoms with Gasteiger partial charge in [-0.3, -0.25) is 4.31 Å². The van der Waals surface area contributed by atoms with E-state index in [-0.39, 0.29) is 5.75 Å². The summed E-state index contributed by atoms with van der Waals surface area (Å²) in [5.74, 6) is 0.171. The highest BCUT2D eigenvalue weighted by atomic mass is 35.5. The van der Waals surface area contributed by atoms with Crippen LogP contribution >= 0.6 is 11.6 Å². The fraction of sp³-hybridized carbons (Fsp3) is 0.364. The number of nitrogens with zero attached hydrogens (tertiary/aromatic N) is 2. The predicted octanol–water partition coefficient (Wildman–Crippen LogP) is 2.06. The first-order valence-electron chi connectivity index (χ1n) is 5.17. The zero-order valence-electron chi connectivity index (χ0n) is 9.27. The van der Waals surface area contributed by atoms with Crippen LogP contribution in [0.25, 0.3) is 0 Å². The van der Waals surface area contributed by atoms with Crippen molar-refractivity contribution in [2.24, 2.45) is 0 Å². The molecule has 0 spiro atoms. The van der Waals surface area contributed by atoms with Gasteiger partial charge in [-0.2, -0.15) is 5.26 Å². The summed E-state index contributed by atoms with van der Waals surface area (Å²) in [6, 6.07) is 5.17. The Bertz CT molecular complexity index is 605. The van der Waals surface area contributed by atoms with Gasteiger partial charge in [0.1, 0.15) is 6.07 Å². The number of anilines is 1. The highest BCUT2D eigenvalue weighted by Crippen LogP contribution is 2.33. The molecule has 0 unspecified atom stereocenters. The SMILES string of the molecule is Cc1c(N2CCCS2(=O)=O)ccc(C#N)c1Cl. The number of hydrogen-bond acceptors (Lipinski definition) is 3. The summed E-state index contributed by atoms with van der Waals surface area (Å²) in [6.45, 7) is 2.21. The van der Waals surface area contributed by atoms with Gasteiger partial charge >= 0.3 is 0 Å². The van der Waals surface area contributed by atoms with Gasteiger partial charge in [-0.05, 0) is 31.0 Å². The van der Waals surface area contributed by atoms with Crippen LogP contribution in [-0.4, -0.2) is 20.7 Å². The minimum Gasteiger partial charge on any atom is -0.270 e. The minimum atomic E-state index is -3.21. The first-order chi connectivity index (χ1) is 7.97. The molecule has 2 rings (SSSR count). The van der Waals surface area contributed by atoms with Crippen LogP contribution in [0.2, 0.25) is 5.02 Å². The van der Waals surface area contributed by atoms with Crippen molar-refractivity contribution < 1.29 is 8.42 Å². The van der Waals surface area contributed by atoms with Crippen molar-refractivity contribution in [3.8, 4) is 6.07 Å². The Balaban J connectivity index is 2.56. The Morgan fingerprint density at radius 3 is 2.71 bits per heavy atom. The van der Waals surface area contributed by atoms with Crippen molar-refractivity contribution in [3.63, 3.8) is 0 Å². The van der Waals surface area contributed by atoms with Gasteiger partial charge in [0.2, 0.25) is 10.0 Å². The quantitative estimate of drug-likeness (QED) is 0.785. The minimum absolute atomic E-state index is 0.171. The third-order valence-corrected chi connectivity index (χ3v) is 5.19. The van der Waals surface area contributed by atoms with E-state index < -0.39 is 10.0 Å². The molecule has 0 radical (unpaired) electrons. The zero-order chi connectivity index (χ0) is 12.6. The number of hydrogen-bond donors (Lipinski definition) is 0. The van der Waals surface area contributed by atoms with Gasteiger partial charge in [-0.25, -0.2) is 8.42 Å². The van der Waals surface area contributed by atoms with Crippen LogP contribution in [-0.2, 0) is 10.0 Å². The lowest BCUT2D eigenvalue weighted by atomic mass is 10.1. The fourth-order valence-electron chi connectivity index (χ4n) is 1.94. The van der Waals surface area contributed by atoms with E-state index in [0.29, 0.717) is 34.8 Å². The van der Waals surface area contributed by atoms with E-state index >= 15 is 0 Å². The van der Waals surface area contributed by atoms with E-state index in [1.165, 1.54) is 4.31 Å². The van der Waals surface area contributed by atoms with E-state index in [9.17, 15) is 8.42 Å². The van der Waals surface area contributed by atoms with Crippen LogP contribution < -0.4 is 4.31 Å². The molecular formula is C11H11ClN2O2S. The maximum atomic E-state index is 11.8. The van der Waals surface area contributed by atoms with Gasteiger partial charge in [-0.15, -0.1) is 0 Å². The summed E-state index contributed by atoms with van der Waals surface area (Å²) < 4.78 is 25.0. The van der Waals surface area contributed by atoms with Crippen LogP contribution in [0.3, 0.4) is 0 Å². The molecule has 0 N–H and O–H groups in total. The highest BCUT2D eigenvalue weighted by Gasteiger charge is 2.30. The van der Waals surface area contributed by atoms with E-state index in [0.717, 1.165) is 0 Å². The van der Waals surface area contributed by atoms with E-state index in [2.05, 4.69) is 0 Å². The summed E-state index contributed by atoms with van der Waals surface area (Å²) in [4.78, 5) is 0. The van der Waals surface area contributed by atoms with Crippen molar-refractivity contribution in [2.45, 2.75) is 13.3 Å². The molecule has 0 atom stereocenters. The van der Waals surface area contributed by atoms with E-state index in [1.54, 1.807) is 19.1 Å². The Labute approximate surface area is 105 Å². The molecule has 1 heterocycles. The van der Waals surface area contributed by atoms with E-state index in [1.807, 2.05) is 6.07 Å². The van der Waals surface area contributed by atoms with Crippen LogP contribution in [0, 0.1) is 18.3 Å². The Hall–Kier alpha value is -1.25. The molecule has 0 saturated carbocycles. The average Bonchev–Trinajstić information content (AvgIpc) is 2.62. The molecule has 4 nitrogen and oxygen atoms in total. The molecule has 1 aromatic rings. The van der Waals surface area contributed by atoms with Crippen molar-refractivity contribution in [2.75, 3.05) is 16.6 Å². The van der Waals surface area contributed by atoms with Gasteiger partial charge in [0, 0.05) is 6.54 Å². The number of rotatable bonds is 1. The van der Waals surface area contributed by atoms with Crippen molar-refractivity contribution in [1.29, 1.82) is 5.26 Å². The summed E-state index contributed by atoms with van der Waals surface area (Å²) >= 11 is 6.03. The van der Waals surface area contributed by atoms with Gasteiger partial charge in [-0.1, -0.05) is 11.6 Å². The molecule has 1 fully saturated rings. The predicted molar refractivity (Wildman–Crippen MR) is 66.7 cm³/mol. The van der Waals surface area contributed by atoms with Crippen LogP contribution in [0.5, 0.6) is 0 Å². The zero-order valence-corrected chi connectivity index (χ0v) is 10.8. The highest BCUT2D eigenvalue weighted by molar-refractivity contribution is 7.93. The number of sulfonamides is 1. The van der Waals surface area contributed by atoms with Crippen molar-refractivity contribution in [1.82, 2.24) is 0 Å². The number of benzene rings is 1. The first kappa shape index (κ1) is 12.2. The monoisotopic (exact) mass is 270 g/mol. The van der Waals surface area contributed by atoms with Gasteiger partial charge in [0.05, 0.1) is 22.0 Å². The summed E-state index contributed by atoms with van der Waals surface area (Å²) in [7, 11) is -3.21. The molecule has 1 saturated heterocycles. The van der Waals surface area contributed by atoms with Gasteiger partial charge < -0.3 is 0 Å². The molecule has 17 heavy (non-hydrogen) atoms. The van der Waals surface area contributed by atoms with Gasteiger partial charge in [0.15, 0.2) is 0 Å². The van der Waals surface area contributed by atoms with Crippen LogP contribution in [0.15, 0.2) is 12.1 Å². The lowest BCUT2D eigenvalue weighted by Crippen LogP contribution is -2.25. The second kappa shape index (κ2) is 4.21. The summed E-state index contributed by atoms with van der Waals surface area (Å²) in [6.07, 6.45) is 0.624. The molecule has 1 aromatic carbocycles. The Morgan fingerprint density at radius 1 is 1.47 bits per heavy atom. The molecule has 0 aliphatic carbocycles. The van der Waals surface area contributed by atoms with Crippen LogP contribution in [0.4, 0.5) is 5.69 Å². The molecule has 90 valence electrons. The molecule has 0 aromatic heterocycles. The van der Waals surface area contributed by atoms with Crippen LogP contribution in [0.1, 0.15) is 17.5 Å². The number of nitriles is 1. The largest absolute Gasteiger partial charge is 0.270 e. The van der Waals surface area contributed by atoms with Crippen molar-refractivity contribution in [3.05, 3.63) is 28.3 Å². The lowest BCUT2D eigenvalue weighted by Gasteiger charge is -2.20. The summed E-state index contributed by atoms with van der Waals surface area (Å²) in [5.41, 5.74) is 1.58. The fourth-order valence-corrected chi connectivity index (χ4v) is 3.76. The maximum absolute atomic E-state index is 11.8. The van der Waals surface area contributed by atoms with Gasteiger partial charge in [0.25, 0.3) is 0 Å². The molecule has 1 aliphatic rings. The normalized spacial score (nSPS) is 18.1. The smallest absolute Gasteiger partial charge is 0.235 e. The number of halogens is 1. The molecule has 1 aliphatic heterocycles. The molecular weight excluding hydrogens is 260 g/mol.